The van der Waals surface area contributed by atoms with Gasteiger partial charge in [-0.25, -0.2) is 0 Å². The predicted octanol–water partition coefficient (Wildman–Crippen LogP) is 2.77. The summed E-state index contributed by atoms with van der Waals surface area (Å²) in [7, 11) is 1.96. The van der Waals surface area contributed by atoms with Gasteiger partial charge in [0.2, 0.25) is 0 Å². The first-order chi connectivity index (χ1) is 6.26. The Morgan fingerprint density at radius 1 is 1.62 bits per heavy atom. The van der Waals surface area contributed by atoms with Gasteiger partial charge < -0.3 is 0 Å². The van der Waals surface area contributed by atoms with Crippen LogP contribution in [0.2, 0.25) is 0 Å². The van der Waals surface area contributed by atoms with Gasteiger partial charge in [0, 0.05) is 18.6 Å². The molecule has 2 nitrogen and oxygen atoms in total. The Hall–Kier alpha value is -0.310. The van der Waals surface area contributed by atoms with Crippen LogP contribution in [0.4, 0.5) is 0 Å². The van der Waals surface area contributed by atoms with Gasteiger partial charge in [0.1, 0.15) is 0 Å². The van der Waals surface area contributed by atoms with Crippen LogP contribution in [-0.4, -0.2) is 15.1 Å². The lowest BCUT2D eigenvalue weighted by atomic mass is 10.0. The molecule has 1 atom stereocenters. The molecule has 0 aliphatic heterocycles. The molecule has 1 heterocycles. The fraction of sp³-hybridized carbons (Fsp3) is 0.700. The van der Waals surface area contributed by atoms with E-state index in [0.29, 0.717) is 0 Å². The first kappa shape index (κ1) is 10.8. The zero-order valence-corrected chi connectivity index (χ0v) is 9.92. The van der Waals surface area contributed by atoms with Crippen molar-refractivity contribution in [3.05, 3.63) is 18.0 Å². The minimum atomic E-state index is 0.806. The van der Waals surface area contributed by atoms with Gasteiger partial charge >= 0.3 is 0 Å². The topological polar surface area (TPSA) is 17.8 Å². The maximum absolute atomic E-state index is 4.15. The van der Waals surface area contributed by atoms with E-state index in [4.69, 9.17) is 0 Å². The zero-order chi connectivity index (χ0) is 9.68. The van der Waals surface area contributed by atoms with Crippen LogP contribution in [0.25, 0.3) is 0 Å². The molecule has 0 N–H and O–H groups in total. The normalized spacial score (nSPS) is 13.2. The molecule has 0 saturated heterocycles. The van der Waals surface area contributed by atoms with Crippen molar-refractivity contribution in [1.82, 2.24) is 9.78 Å². The van der Waals surface area contributed by atoms with Crippen molar-refractivity contribution in [2.75, 3.05) is 5.33 Å². The molecule has 74 valence electrons. The molecule has 1 rings (SSSR count). The summed E-state index contributed by atoms with van der Waals surface area (Å²) in [6.07, 6.45) is 7.72. The highest BCUT2D eigenvalue weighted by Crippen LogP contribution is 2.14. The molecule has 0 aromatic carbocycles. The molecule has 0 aliphatic carbocycles. The van der Waals surface area contributed by atoms with E-state index in [0.717, 1.165) is 17.7 Å². The lowest BCUT2D eigenvalue weighted by molar-refractivity contribution is 0.528. The maximum atomic E-state index is 4.15. The highest BCUT2D eigenvalue weighted by Gasteiger charge is 2.05. The van der Waals surface area contributed by atoms with Crippen molar-refractivity contribution in [2.24, 2.45) is 13.0 Å². The average molecular weight is 245 g/mol. The molecule has 1 aromatic rings. The molecule has 1 aromatic heterocycles. The van der Waals surface area contributed by atoms with E-state index in [1.165, 1.54) is 18.4 Å². The van der Waals surface area contributed by atoms with E-state index in [9.17, 15) is 0 Å². The lowest BCUT2D eigenvalue weighted by Crippen LogP contribution is -2.01. The summed E-state index contributed by atoms with van der Waals surface area (Å²) in [6, 6.07) is 0. The van der Waals surface area contributed by atoms with Crippen LogP contribution in [0.15, 0.2) is 12.4 Å². The summed E-state index contributed by atoms with van der Waals surface area (Å²) in [5.74, 6) is 0.806. The quantitative estimate of drug-likeness (QED) is 0.729. The van der Waals surface area contributed by atoms with Gasteiger partial charge in [-0.2, -0.15) is 5.10 Å². The van der Waals surface area contributed by atoms with Crippen LogP contribution in [0, 0.1) is 5.92 Å². The summed E-state index contributed by atoms with van der Waals surface area (Å²) in [6.45, 7) is 2.25. The third-order valence-electron chi connectivity index (χ3n) is 2.40. The summed E-state index contributed by atoms with van der Waals surface area (Å²) >= 11 is 3.53. The van der Waals surface area contributed by atoms with E-state index < -0.39 is 0 Å². The molecule has 0 radical (unpaired) electrons. The van der Waals surface area contributed by atoms with Crippen LogP contribution in [-0.2, 0) is 13.5 Å². The number of hydrogen-bond donors (Lipinski definition) is 0. The number of rotatable bonds is 5. The third kappa shape index (κ3) is 3.51. The zero-order valence-electron chi connectivity index (χ0n) is 8.33. The minimum absolute atomic E-state index is 0.806. The van der Waals surface area contributed by atoms with Crippen molar-refractivity contribution in [2.45, 2.75) is 26.2 Å². The molecule has 0 saturated carbocycles. The highest BCUT2D eigenvalue weighted by atomic mass is 79.9. The molecule has 0 fully saturated rings. The van der Waals surface area contributed by atoms with Gasteiger partial charge in [0.05, 0.1) is 6.20 Å². The van der Waals surface area contributed by atoms with Crippen LogP contribution in [0.3, 0.4) is 0 Å². The first-order valence-electron chi connectivity index (χ1n) is 4.79. The summed E-state index contributed by atoms with van der Waals surface area (Å²) in [5, 5.41) is 5.27. The van der Waals surface area contributed by atoms with Gasteiger partial charge in [0.25, 0.3) is 0 Å². The van der Waals surface area contributed by atoms with Crippen molar-refractivity contribution < 1.29 is 0 Å². The van der Waals surface area contributed by atoms with Gasteiger partial charge in [-0.05, 0) is 24.3 Å². The smallest absolute Gasteiger partial charge is 0.0521 e. The van der Waals surface area contributed by atoms with E-state index in [1.807, 2.05) is 17.9 Å². The molecule has 0 bridgehead atoms. The maximum Gasteiger partial charge on any atom is 0.0521 e. The predicted molar refractivity (Wildman–Crippen MR) is 59.1 cm³/mol. The number of hydrogen-bond acceptors (Lipinski definition) is 1. The molecule has 0 spiro atoms. The first-order valence-corrected chi connectivity index (χ1v) is 5.92. The van der Waals surface area contributed by atoms with Crippen LogP contribution in [0.5, 0.6) is 0 Å². The highest BCUT2D eigenvalue weighted by molar-refractivity contribution is 9.09. The standard InChI is InChI=1S/C10H17BrN2/c1-3-9(6-11)4-5-10-7-12-13(2)8-10/h7-9H,3-6H2,1-2H3. The van der Waals surface area contributed by atoms with Gasteiger partial charge in [-0.1, -0.05) is 29.3 Å². The second-order valence-corrected chi connectivity index (χ2v) is 4.14. The SMILES string of the molecule is CCC(CBr)CCc1cnn(C)c1. The Balaban J connectivity index is 2.33. The Morgan fingerprint density at radius 2 is 2.38 bits per heavy atom. The summed E-state index contributed by atoms with van der Waals surface area (Å²) in [4.78, 5) is 0. The van der Waals surface area contributed by atoms with Gasteiger partial charge in [-0.15, -0.1) is 0 Å². The fourth-order valence-corrected chi connectivity index (χ4v) is 2.14. The van der Waals surface area contributed by atoms with Crippen LogP contribution in [0.1, 0.15) is 25.3 Å². The van der Waals surface area contributed by atoms with E-state index >= 15 is 0 Å². The van der Waals surface area contributed by atoms with Crippen LogP contribution < -0.4 is 0 Å². The lowest BCUT2D eigenvalue weighted by Gasteiger charge is -2.09. The van der Waals surface area contributed by atoms with E-state index in [1.54, 1.807) is 0 Å². The number of aryl methyl sites for hydroxylation is 2. The monoisotopic (exact) mass is 244 g/mol. The summed E-state index contributed by atoms with van der Waals surface area (Å²) < 4.78 is 1.87. The second kappa shape index (κ2) is 5.43. The summed E-state index contributed by atoms with van der Waals surface area (Å²) in [5.41, 5.74) is 1.35. The van der Waals surface area contributed by atoms with Crippen molar-refractivity contribution in [3.63, 3.8) is 0 Å². The molecular formula is C10H17BrN2. The number of halogens is 1. The van der Waals surface area contributed by atoms with Crippen molar-refractivity contribution in [1.29, 1.82) is 0 Å². The molecule has 13 heavy (non-hydrogen) atoms. The largest absolute Gasteiger partial charge is 0.276 e. The number of alkyl halides is 1. The average Bonchev–Trinajstić information content (AvgIpc) is 2.53. The molecule has 0 amide bonds. The van der Waals surface area contributed by atoms with Crippen LogP contribution >= 0.6 is 15.9 Å². The Bertz CT molecular complexity index is 241. The van der Waals surface area contributed by atoms with E-state index in [2.05, 4.69) is 34.1 Å². The molecule has 1 unspecified atom stereocenters. The number of nitrogens with zero attached hydrogens (tertiary/aromatic N) is 2. The molecule has 0 aliphatic rings. The Morgan fingerprint density at radius 3 is 2.85 bits per heavy atom. The Labute approximate surface area is 88.5 Å². The molecular weight excluding hydrogens is 228 g/mol. The Kier molecular flexibility index (Phi) is 4.50. The third-order valence-corrected chi connectivity index (χ3v) is 3.31. The number of aromatic nitrogens is 2. The van der Waals surface area contributed by atoms with E-state index in [-0.39, 0.29) is 0 Å². The second-order valence-electron chi connectivity index (χ2n) is 3.49. The van der Waals surface area contributed by atoms with Crippen molar-refractivity contribution >= 4 is 15.9 Å². The van der Waals surface area contributed by atoms with Gasteiger partial charge in [-0.3, -0.25) is 4.68 Å². The van der Waals surface area contributed by atoms with Gasteiger partial charge in [0.15, 0.2) is 0 Å². The van der Waals surface area contributed by atoms with Crippen molar-refractivity contribution in [3.8, 4) is 0 Å². The fourth-order valence-electron chi connectivity index (χ4n) is 1.36. The minimum Gasteiger partial charge on any atom is -0.276 e. The molecule has 3 heteroatoms.